The number of benzene rings is 2. The van der Waals surface area contributed by atoms with E-state index >= 15 is 0 Å². The van der Waals surface area contributed by atoms with Gasteiger partial charge in [0.25, 0.3) is 0 Å². The first kappa shape index (κ1) is 28.9. The molecule has 0 spiro atoms. The van der Waals surface area contributed by atoms with E-state index in [4.69, 9.17) is 20.6 Å². The van der Waals surface area contributed by atoms with Gasteiger partial charge in [-0.25, -0.2) is 4.98 Å². The van der Waals surface area contributed by atoms with Crippen LogP contribution in [0.5, 0.6) is 5.88 Å². The summed E-state index contributed by atoms with van der Waals surface area (Å²) in [6, 6.07) is 24.5. The number of aliphatic carboxylic acids is 1. The molecule has 3 rings (SSSR count). The molecule has 2 aromatic carbocycles. The van der Waals surface area contributed by atoms with Crippen molar-refractivity contribution in [2.75, 3.05) is 19.8 Å². The van der Waals surface area contributed by atoms with E-state index in [1.807, 2.05) is 42.5 Å². The number of rotatable bonds is 16. The van der Waals surface area contributed by atoms with Crippen LogP contribution in [0, 0.1) is 5.41 Å². The van der Waals surface area contributed by atoms with Crippen molar-refractivity contribution in [1.82, 2.24) is 10.3 Å². The highest BCUT2D eigenvalue weighted by Crippen LogP contribution is 2.29. The number of unbranched alkanes of at least 4 members (excludes halogenated alkanes) is 2. The van der Waals surface area contributed by atoms with Crippen LogP contribution in [0.3, 0.4) is 0 Å². The molecule has 0 aliphatic carbocycles. The third-order valence-electron chi connectivity index (χ3n) is 6.47. The molecule has 202 valence electrons. The van der Waals surface area contributed by atoms with Gasteiger partial charge in [-0.2, -0.15) is 0 Å². The number of nitrogens with two attached hydrogens (primary N) is 1. The second-order valence-electron chi connectivity index (χ2n) is 10.1. The lowest BCUT2D eigenvalue weighted by Crippen LogP contribution is -2.33. The van der Waals surface area contributed by atoms with E-state index in [9.17, 15) is 4.79 Å². The zero-order valence-corrected chi connectivity index (χ0v) is 22.5. The lowest BCUT2D eigenvalue weighted by atomic mass is 9.86. The molecule has 0 atom stereocenters. The molecule has 1 aromatic heterocycles. The molecule has 0 fully saturated rings. The van der Waals surface area contributed by atoms with E-state index in [-0.39, 0.29) is 11.8 Å². The molecule has 1 heterocycles. The minimum absolute atomic E-state index is 0.201. The summed E-state index contributed by atoms with van der Waals surface area (Å²) in [7, 11) is 0. The zero-order chi connectivity index (χ0) is 27.2. The van der Waals surface area contributed by atoms with Crippen LogP contribution in [-0.4, -0.2) is 41.7 Å². The Morgan fingerprint density at radius 3 is 2.32 bits per heavy atom. The molecule has 3 aromatic rings. The molecule has 0 aliphatic heterocycles. The van der Waals surface area contributed by atoms with E-state index < -0.39 is 5.97 Å². The maximum absolute atomic E-state index is 10.6. The topological polar surface area (TPSA) is 110 Å². The highest BCUT2D eigenvalue weighted by Gasteiger charge is 2.22. The van der Waals surface area contributed by atoms with Crippen LogP contribution >= 0.6 is 0 Å². The van der Waals surface area contributed by atoms with Crippen LogP contribution in [-0.2, 0) is 4.79 Å². The van der Waals surface area contributed by atoms with Gasteiger partial charge in [0.15, 0.2) is 0 Å². The molecule has 38 heavy (non-hydrogen) atoms. The highest BCUT2D eigenvalue weighted by molar-refractivity contribution is 5.85. The molecule has 7 nitrogen and oxygen atoms in total. The lowest BCUT2D eigenvalue weighted by molar-refractivity contribution is -0.137. The van der Waals surface area contributed by atoms with Crippen molar-refractivity contribution in [2.24, 2.45) is 16.1 Å². The van der Waals surface area contributed by atoms with Crippen molar-refractivity contribution >= 4 is 11.8 Å². The van der Waals surface area contributed by atoms with Crippen LogP contribution in [0.2, 0.25) is 0 Å². The minimum Gasteiger partial charge on any atom is -0.481 e. The summed E-state index contributed by atoms with van der Waals surface area (Å²) in [6.07, 6.45) is 4.41. The predicted molar refractivity (Wildman–Crippen MR) is 154 cm³/mol. The first-order chi connectivity index (χ1) is 18.3. The number of carboxylic acids is 1. The molecule has 0 saturated carbocycles. The predicted octanol–water partition coefficient (Wildman–Crippen LogP) is 6.15. The summed E-state index contributed by atoms with van der Waals surface area (Å²) in [4.78, 5) is 19.8. The second-order valence-corrected chi connectivity index (χ2v) is 10.1. The highest BCUT2D eigenvalue weighted by atomic mass is 16.5. The Labute approximate surface area is 226 Å². The Balaban J connectivity index is 1.49. The van der Waals surface area contributed by atoms with Crippen molar-refractivity contribution in [3.8, 4) is 28.3 Å². The quantitative estimate of drug-likeness (QED) is 0.120. The molecule has 0 aliphatic rings. The number of nitrogens with one attached hydrogen (secondary N) is 1. The monoisotopic (exact) mass is 516 g/mol. The summed E-state index contributed by atoms with van der Waals surface area (Å²) >= 11 is 0. The molecule has 4 N–H and O–H groups in total. The molecule has 0 unspecified atom stereocenters. The lowest BCUT2D eigenvalue weighted by Gasteiger charge is -2.24. The van der Waals surface area contributed by atoms with Gasteiger partial charge < -0.3 is 15.6 Å². The number of aromatic nitrogens is 1. The number of hydrogen-bond donors (Lipinski definition) is 3. The maximum atomic E-state index is 10.6. The molecule has 0 bridgehead atoms. The van der Waals surface area contributed by atoms with Crippen LogP contribution in [0.25, 0.3) is 22.4 Å². The van der Waals surface area contributed by atoms with Gasteiger partial charge >= 0.3 is 5.97 Å². The molecule has 7 heteroatoms. The van der Waals surface area contributed by atoms with E-state index in [2.05, 4.69) is 54.5 Å². The normalized spacial score (nSPS) is 11.9. The number of amidine groups is 1. The second kappa shape index (κ2) is 14.9. The Morgan fingerprint density at radius 2 is 1.63 bits per heavy atom. The average Bonchev–Trinajstić information content (AvgIpc) is 2.92. The Morgan fingerprint density at radius 1 is 0.947 bits per heavy atom. The molecular weight excluding hydrogens is 476 g/mol. The number of ether oxygens (including phenoxy) is 1. The Hall–Kier alpha value is -3.71. The minimum atomic E-state index is -0.756. The van der Waals surface area contributed by atoms with Gasteiger partial charge in [0.1, 0.15) is 5.84 Å². The summed E-state index contributed by atoms with van der Waals surface area (Å²) in [6.45, 7) is 5.96. The van der Waals surface area contributed by atoms with E-state index in [0.29, 0.717) is 31.4 Å². The molecular formula is C31H40N4O3. The Kier molecular flexibility index (Phi) is 11.3. The largest absolute Gasteiger partial charge is 0.481 e. The summed E-state index contributed by atoms with van der Waals surface area (Å²) in [5.41, 5.74) is 10.2. The van der Waals surface area contributed by atoms with Crippen molar-refractivity contribution < 1.29 is 14.6 Å². The van der Waals surface area contributed by atoms with Crippen molar-refractivity contribution in [1.29, 1.82) is 0 Å². The molecule has 0 amide bonds. The van der Waals surface area contributed by atoms with Gasteiger partial charge in [0.05, 0.1) is 19.0 Å². The third-order valence-corrected chi connectivity index (χ3v) is 6.47. The van der Waals surface area contributed by atoms with Gasteiger partial charge in [0, 0.05) is 23.5 Å². The van der Waals surface area contributed by atoms with Crippen molar-refractivity contribution in [3.05, 3.63) is 72.8 Å². The van der Waals surface area contributed by atoms with Gasteiger partial charge in [-0.15, -0.1) is 0 Å². The fraction of sp³-hybridized carbons (Fsp3) is 0.387. The number of hydrogen-bond acceptors (Lipinski definition) is 5. The summed E-state index contributed by atoms with van der Waals surface area (Å²) in [5, 5.41) is 11.9. The smallest absolute Gasteiger partial charge is 0.303 e. The number of carboxylic acid groups (broad SMARTS) is 1. The average molecular weight is 517 g/mol. The summed E-state index contributed by atoms with van der Waals surface area (Å²) < 4.78 is 6.11. The first-order valence-electron chi connectivity index (χ1n) is 13.3. The fourth-order valence-electron chi connectivity index (χ4n) is 4.07. The first-order valence-corrected chi connectivity index (χ1v) is 13.3. The van der Waals surface area contributed by atoms with E-state index in [1.165, 1.54) is 0 Å². The van der Waals surface area contributed by atoms with Crippen molar-refractivity contribution in [2.45, 2.75) is 52.4 Å². The number of nitrogens with zero attached hydrogens (tertiary/aromatic N) is 2. The van der Waals surface area contributed by atoms with Crippen LogP contribution in [0.4, 0.5) is 0 Å². The van der Waals surface area contributed by atoms with E-state index in [0.717, 1.165) is 54.6 Å². The van der Waals surface area contributed by atoms with Crippen LogP contribution in [0.15, 0.2) is 77.8 Å². The fourth-order valence-corrected chi connectivity index (χ4v) is 4.07. The summed E-state index contributed by atoms with van der Waals surface area (Å²) in [5.74, 6) is 0.495. The van der Waals surface area contributed by atoms with Crippen LogP contribution < -0.4 is 15.8 Å². The Bertz CT molecular complexity index is 1110. The number of carbonyl (C=O) groups is 1. The van der Waals surface area contributed by atoms with Crippen LogP contribution in [0.1, 0.15) is 52.4 Å². The standard InChI is InChI=1S/C31H40N4O3/c1-31(2,30(32)34-23-33-19-11-9-17-29(36)37)18-10-12-20-38-28-22-26(24-13-5-3-6-14-24)21-27(35-28)25-15-7-4-8-16-25/h3-8,13-16,21-22,33H,9-12,17-20,23H2,1-2H3,(H2,32,34)(H,36,37). The molecule has 0 saturated heterocycles. The molecule has 0 radical (unpaired) electrons. The zero-order valence-electron chi connectivity index (χ0n) is 22.5. The van der Waals surface area contributed by atoms with E-state index in [1.54, 1.807) is 0 Å². The van der Waals surface area contributed by atoms with Crippen molar-refractivity contribution in [3.63, 3.8) is 0 Å². The number of aliphatic imine (C=N–C) groups is 1. The van der Waals surface area contributed by atoms with Gasteiger partial charge in [-0.05, 0) is 55.8 Å². The maximum Gasteiger partial charge on any atom is 0.303 e. The SMILES string of the molecule is CC(C)(CCCCOc1cc(-c2ccccc2)cc(-c2ccccc2)n1)/C(N)=N/CNCCCCC(=O)O. The van der Waals surface area contributed by atoms with Gasteiger partial charge in [0.2, 0.25) is 5.88 Å². The number of pyridine rings is 1. The third kappa shape index (κ3) is 9.63. The van der Waals surface area contributed by atoms with Gasteiger partial charge in [-0.1, -0.05) is 74.5 Å². The van der Waals surface area contributed by atoms with Gasteiger partial charge in [-0.3, -0.25) is 15.1 Å².